The predicted octanol–water partition coefficient (Wildman–Crippen LogP) is 8.76. The third kappa shape index (κ3) is 3.86. The SMILES string of the molecule is Cc1ccc2c(c1)C1CCCCC1N2c1ccc(C=C(c2ccccc2)c2ccccc2)cc1. The van der Waals surface area contributed by atoms with Crippen LogP contribution in [0, 0.1) is 6.92 Å². The van der Waals surface area contributed by atoms with E-state index in [-0.39, 0.29) is 0 Å². The highest BCUT2D eigenvalue weighted by Gasteiger charge is 2.40. The molecule has 1 saturated carbocycles. The fourth-order valence-corrected chi connectivity index (χ4v) is 5.95. The molecule has 2 unspecified atom stereocenters. The molecule has 168 valence electrons. The molecule has 1 aliphatic carbocycles. The maximum Gasteiger partial charge on any atom is 0.0449 e. The van der Waals surface area contributed by atoms with Crippen molar-refractivity contribution in [2.45, 2.75) is 44.6 Å². The van der Waals surface area contributed by atoms with Gasteiger partial charge in [-0.1, -0.05) is 103 Å². The van der Waals surface area contributed by atoms with Gasteiger partial charge in [-0.3, -0.25) is 0 Å². The standard InChI is InChI=1S/C33H31N/c1-24-16-21-33-31(22-24)29-14-8-9-15-32(29)34(33)28-19-17-25(18-20-28)23-30(26-10-4-2-5-11-26)27-12-6-3-7-13-27/h2-7,10-13,16-23,29,32H,8-9,14-15H2,1H3. The van der Waals surface area contributed by atoms with Gasteiger partial charge in [0.25, 0.3) is 0 Å². The van der Waals surface area contributed by atoms with Gasteiger partial charge in [-0.25, -0.2) is 0 Å². The summed E-state index contributed by atoms with van der Waals surface area (Å²) >= 11 is 0. The highest BCUT2D eigenvalue weighted by Crippen LogP contribution is 2.51. The first-order valence-corrected chi connectivity index (χ1v) is 12.6. The number of rotatable bonds is 4. The van der Waals surface area contributed by atoms with Gasteiger partial charge in [0.05, 0.1) is 0 Å². The molecule has 0 aromatic heterocycles. The van der Waals surface area contributed by atoms with Gasteiger partial charge in [-0.15, -0.1) is 0 Å². The lowest BCUT2D eigenvalue weighted by Gasteiger charge is -2.33. The van der Waals surface area contributed by atoms with Crippen LogP contribution in [0.3, 0.4) is 0 Å². The number of hydrogen-bond acceptors (Lipinski definition) is 1. The molecule has 2 atom stereocenters. The van der Waals surface area contributed by atoms with E-state index in [1.807, 2.05) is 0 Å². The van der Waals surface area contributed by atoms with Crippen molar-refractivity contribution in [2.75, 3.05) is 4.90 Å². The molecular weight excluding hydrogens is 410 g/mol. The Morgan fingerprint density at radius 2 is 1.38 bits per heavy atom. The summed E-state index contributed by atoms with van der Waals surface area (Å²) < 4.78 is 0. The molecule has 4 aromatic rings. The number of fused-ring (bicyclic) bond motifs is 3. The van der Waals surface area contributed by atoms with E-state index in [2.05, 4.69) is 121 Å². The van der Waals surface area contributed by atoms with E-state index in [1.165, 1.54) is 64.9 Å². The summed E-state index contributed by atoms with van der Waals surface area (Å²) in [7, 11) is 0. The predicted molar refractivity (Wildman–Crippen MR) is 145 cm³/mol. The van der Waals surface area contributed by atoms with Crippen molar-refractivity contribution in [3.63, 3.8) is 0 Å². The number of benzene rings is 4. The Labute approximate surface area is 203 Å². The Morgan fingerprint density at radius 1 is 0.735 bits per heavy atom. The Kier molecular flexibility index (Phi) is 5.55. The summed E-state index contributed by atoms with van der Waals surface area (Å²) in [6.45, 7) is 2.22. The van der Waals surface area contributed by atoms with Crippen LogP contribution in [0.25, 0.3) is 11.6 Å². The molecule has 2 aliphatic rings. The van der Waals surface area contributed by atoms with Crippen molar-refractivity contribution in [2.24, 2.45) is 0 Å². The summed E-state index contributed by atoms with van der Waals surface area (Å²) in [6, 6.07) is 38.2. The largest absolute Gasteiger partial charge is 0.338 e. The lowest BCUT2D eigenvalue weighted by Crippen LogP contribution is -2.32. The third-order valence-electron chi connectivity index (χ3n) is 7.56. The summed E-state index contributed by atoms with van der Waals surface area (Å²) in [5.41, 5.74) is 10.6. The molecule has 0 N–H and O–H groups in total. The summed E-state index contributed by atoms with van der Waals surface area (Å²) in [5.74, 6) is 0.672. The highest BCUT2D eigenvalue weighted by molar-refractivity contribution is 5.91. The Bertz CT molecular complexity index is 1260. The number of anilines is 2. The monoisotopic (exact) mass is 441 g/mol. The average Bonchev–Trinajstić information content (AvgIpc) is 3.22. The number of aryl methyl sites for hydroxylation is 1. The Hall–Kier alpha value is -3.58. The van der Waals surface area contributed by atoms with Crippen molar-refractivity contribution in [3.8, 4) is 0 Å². The van der Waals surface area contributed by atoms with E-state index < -0.39 is 0 Å². The van der Waals surface area contributed by atoms with Crippen molar-refractivity contribution in [1.29, 1.82) is 0 Å². The van der Waals surface area contributed by atoms with Gasteiger partial charge in [-0.05, 0) is 71.9 Å². The molecule has 1 aliphatic heterocycles. The van der Waals surface area contributed by atoms with Crippen LogP contribution in [-0.2, 0) is 0 Å². The van der Waals surface area contributed by atoms with Gasteiger partial charge in [0.2, 0.25) is 0 Å². The fraction of sp³-hybridized carbons (Fsp3) is 0.212. The first kappa shape index (κ1) is 21.0. The van der Waals surface area contributed by atoms with Gasteiger partial charge >= 0.3 is 0 Å². The maximum absolute atomic E-state index is 2.63. The molecule has 0 radical (unpaired) electrons. The zero-order valence-corrected chi connectivity index (χ0v) is 19.8. The molecule has 1 heterocycles. The van der Waals surface area contributed by atoms with Gasteiger partial charge in [0, 0.05) is 23.3 Å². The number of hydrogen-bond donors (Lipinski definition) is 0. The van der Waals surface area contributed by atoms with E-state index in [0.717, 1.165) is 0 Å². The fourth-order valence-electron chi connectivity index (χ4n) is 5.95. The maximum atomic E-state index is 2.63. The molecule has 1 heteroatoms. The second kappa shape index (κ2) is 8.99. The van der Waals surface area contributed by atoms with Crippen LogP contribution in [0.4, 0.5) is 11.4 Å². The molecular formula is C33H31N. The van der Waals surface area contributed by atoms with Crippen LogP contribution in [-0.4, -0.2) is 6.04 Å². The molecule has 6 rings (SSSR count). The normalized spacial score (nSPS) is 18.8. The molecule has 0 spiro atoms. The van der Waals surface area contributed by atoms with E-state index in [9.17, 15) is 0 Å². The van der Waals surface area contributed by atoms with Crippen LogP contribution in [0.15, 0.2) is 103 Å². The lowest BCUT2D eigenvalue weighted by molar-refractivity contribution is 0.402. The minimum atomic E-state index is 0.594. The van der Waals surface area contributed by atoms with Gasteiger partial charge in [0.1, 0.15) is 0 Å². The molecule has 4 aromatic carbocycles. The minimum Gasteiger partial charge on any atom is -0.338 e. The molecule has 0 amide bonds. The first-order valence-electron chi connectivity index (χ1n) is 12.6. The zero-order valence-electron chi connectivity index (χ0n) is 19.8. The molecule has 0 saturated heterocycles. The number of nitrogens with zero attached hydrogens (tertiary/aromatic N) is 1. The highest BCUT2D eigenvalue weighted by atomic mass is 15.2. The van der Waals surface area contributed by atoms with Crippen molar-refractivity contribution in [3.05, 3.63) is 131 Å². The van der Waals surface area contributed by atoms with E-state index in [4.69, 9.17) is 0 Å². The topological polar surface area (TPSA) is 3.24 Å². The minimum absolute atomic E-state index is 0.594. The van der Waals surface area contributed by atoms with E-state index in [0.29, 0.717) is 12.0 Å². The smallest absolute Gasteiger partial charge is 0.0449 e. The van der Waals surface area contributed by atoms with Gasteiger partial charge in [-0.2, -0.15) is 0 Å². The molecule has 34 heavy (non-hydrogen) atoms. The third-order valence-corrected chi connectivity index (χ3v) is 7.56. The second-order valence-corrected chi connectivity index (χ2v) is 9.77. The van der Waals surface area contributed by atoms with Crippen molar-refractivity contribution < 1.29 is 0 Å². The average molecular weight is 442 g/mol. The van der Waals surface area contributed by atoms with Crippen LogP contribution in [0.5, 0.6) is 0 Å². The zero-order chi connectivity index (χ0) is 22.9. The van der Waals surface area contributed by atoms with E-state index >= 15 is 0 Å². The van der Waals surface area contributed by atoms with Crippen molar-refractivity contribution >= 4 is 23.0 Å². The second-order valence-electron chi connectivity index (χ2n) is 9.77. The first-order chi connectivity index (χ1) is 16.8. The lowest BCUT2D eigenvalue weighted by atomic mass is 9.82. The Morgan fingerprint density at radius 3 is 2.06 bits per heavy atom. The molecule has 0 bridgehead atoms. The van der Waals surface area contributed by atoms with Crippen LogP contribution < -0.4 is 4.90 Å². The quantitative estimate of drug-likeness (QED) is 0.286. The van der Waals surface area contributed by atoms with Crippen molar-refractivity contribution in [1.82, 2.24) is 0 Å². The summed E-state index contributed by atoms with van der Waals surface area (Å²) in [6.07, 6.45) is 7.61. The van der Waals surface area contributed by atoms with E-state index in [1.54, 1.807) is 5.56 Å². The Balaban J connectivity index is 1.37. The van der Waals surface area contributed by atoms with Gasteiger partial charge < -0.3 is 4.90 Å². The van der Waals surface area contributed by atoms with Crippen LogP contribution in [0.1, 0.15) is 59.4 Å². The molecule has 1 fully saturated rings. The summed E-state index contributed by atoms with van der Waals surface area (Å²) in [5, 5.41) is 0. The van der Waals surface area contributed by atoms with Gasteiger partial charge in [0.15, 0.2) is 0 Å². The summed E-state index contributed by atoms with van der Waals surface area (Å²) in [4.78, 5) is 2.63. The van der Waals surface area contributed by atoms with Crippen LogP contribution in [0.2, 0.25) is 0 Å². The van der Waals surface area contributed by atoms with Crippen LogP contribution >= 0.6 is 0 Å². The molecule has 1 nitrogen and oxygen atoms in total.